The lowest BCUT2D eigenvalue weighted by atomic mass is 9.86. The first-order valence-electron chi connectivity index (χ1n) is 7.49. The number of hydrogen-bond donors (Lipinski definition) is 1. The molecule has 120 valence electrons. The fourth-order valence-corrected chi connectivity index (χ4v) is 2.34. The molecule has 0 spiro atoms. The van der Waals surface area contributed by atoms with Crippen LogP contribution in [0.4, 0.5) is 0 Å². The highest BCUT2D eigenvalue weighted by Crippen LogP contribution is 2.21. The number of imidazole rings is 1. The zero-order valence-corrected chi connectivity index (χ0v) is 13.5. The Morgan fingerprint density at radius 2 is 2.13 bits per heavy atom. The fraction of sp³-hybridized carbons (Fsp3) is 0.375. The van der Waals surface area contributed by atoms with Crippen LogP contribution in [0.1, 0.15) is 31.1 Å². The maximum absolute atomic E-state index is 12.6. The predicted molar refractivity (Wildman–Crippen MR) is 85.9 cm³/mol. The quantitative estimate of drug-likeness (QED) is 0.796. The van der Waals surface area contributed by atoms with Crippen LogP contribution in [-0.2, 0) is 6.54 Å². The van der Waals surface area contributed by atoms with Crippen molar-refractivity contribution in [3.05, 3.63) is 48.9 Å². The van der Waals surface area contributed by atoms with E-state index in [4.69, 9.17) is 0 Å². The minimum atomic E-state index is -0.115. The molecule has 23 heavy (non-hydrogen) atoms. The Labute approximate surface area is 134 Å². The van der Waals surface area contributed by atoms with Crippen molar-refractivity contribution >= 4 is 11.6 Å². The molecule has 1 unspecified atom stereocenters. The molecule has 3 rings (SSSR count). The molecule has 3 aromatic rings. The summed E-state index contributed by atoms with van der Waals surface area (Å²) in [5, 5.41) is 10.9. The number of aromatic nitrogens is 5. The highest BCUT2D eigenvalue weighted by molar-refractivity contribution is 5.95. The number of fused-ring (bicyclic) bond motifs is 1. The Kier molecular flexibility index (Phi) is 3.85. The van der Waals surface area contributed by atoms with Crippen molar-refractivity contribution in [2.24, 2.45) is 5.41 Å². The number of carbonyl (C=O) groups excluding carboxylic acids is 1. The zero-order valence-electron chi connectivity index (χ0n) is 13.5. The van der Waals surface area contributed by atoms with Gasteiger partial charge in [0, 0.05) is 30.7 Å². The molecule has 1 amide bonds. The van der Waals surface area contributed by atoms with E-state index in [0.29, 0.717) is 17.8 Å². The molecule has 0 fully saturated rings. The molecular weight excluding hydrogens is 292 g/mol. The van der Waals surface area contributed by atoms with E-state index in [1.54, 1.807) is 41.6 Å². The largest absolute Gasteiger partial charge is 0.347 e. The molecule has 3 heterocycles. The Morgan fingerprint density at radius 1 is 1.30 bits per heavy atom. The van der Waals surface area contributed by atoms with Gasteiger partial charge in [-0.15, -0.1) is 10.2 Å². The van der Waals surface area contributed by atoms with E-state index in [9.17, 15) is 4.79 Å². The SMILES string of the molecule is CC(C)(C)C(Cn1ccnc1)NC(=O)c1ccn2cnnc2c1. The van der Waals surface area contributed by atoms with Gasteiger partial charge >= 0.3 is 0 Å². The first-order chi connectivity index (χ1) is 10.9. The third-order valence-corrected chi connectivity index (χ3v) is 3.87. The average Bonchev–Trinajstić information content (AvgIpc) is 3.15. The van der Waals surface area contributed by atoms with Gasteiger partial charge in [0.1, 0.15) is 6.33 Å². The van der Waals surface area contributed by atoms with E-state index in [1.165, 1.54) is 0 Å². The first-order valence-corrected chi connectivity index (χ1v) is 7.49. The molecule has 1 N–H and O–H groups in total. The maximum atomic E-state index is 12.6. The minimum Gasteiger partial charge on any atom is -0.347 e. The molecule has 3 aromatic heterocycles. The van der Waals surface area contributed by atoms with E-state index in [0.717, 1.165) is 0 Å². The Bertz CT molecular complexity index is 799. The second-order valence-corrected chi connectivity index (χ2v) is 6.66. The third-order valence-electron chi connectivity index (χ3n) is 3.87. The lowest BCUT2D eigenvalue weighted by Crippen LogP contribution is -2.46. The van der Waals surface area contributed by atoms with Crippen molar-refractivity contribution in [3.8, 4) is 0 Å². The van der Waals surface area contributed by atoms with Gasteiger partial charge in [0.15, 0.2) is 5.65 Å². The molecule has 0 saturated carbocycles. The molecule has 0 aliphatic rings. The summed E-state index contributed by atoms with van der Waals surface area (Å²) in [7, 11) is 0. The highest BCUT2D eigenvalue weighted by Gasteiger charge is 2.27. The lowest BCUT2D eigenvalue weighted by Gasteiger charge is -2.31. The van der Waals surface area contributed by atoms with Crippen LogP contribution in [0.5, 0.6) is 0 Å². The Balaban J connectivity index is 1.79. The summed E-state index contributed by atoms with van der Waals surface area (Å²) in [5.74, 6) is -0.115. The number of pyridine rings is 1. The smallest absolute Gasteiger partial charge is 0.251 e. The van der Waals surface area contributed by atoms with Gasteiger partial charge in [-0.05, 0) is 17.5 Å². The second-order valence-electron chi connectivity index (χ2n) is 6.66. The van der Waals surface area contributed by atoms with E-state index in [1.807, 2.05) is 10.8 Å². The highest BCUT2D eigenvalue weighted by atomic mass is 16.1. The van der Waals surface area contributed by atoms with Crippen molar-refractivity contribution in [3.63, 3.8) is 0 Å². The molecule has 0 aliphatic heterocycles. The van der Waals surface area contributed by atoms with E-state index < -0.39 is 0 Å². The lowest BCUT2D eigenvalue weighted by molar-refractivity contribution is 0.0892. The van der Waals surface area contributed by atoms with Gasteiger partial charge < -0.3 is 9.88 Å². The predicted octanol–water partition coefficient (Wildman–Crippen LogP) is 1.77. The normalized spacial score (nSPS) is 13.2. The van der Waals surface area contributed by atoms with Gasteiger partial charge in [0.25, 0.3) is 5.91 Å². The number of rotatable bonds is 4. The van der Waals surface area contributed by atoms with Crippen molar-refractivity contribution in [2.45, 2.75) is 33.4 Å². The van der Waals surface area contributed by atoms with Crippen LogP contribution >= 0.6 is 0 Å². The van der Waals surface area contributed by atoms with Gasteiger partial charge in [-0.25, -0.2) is 4.98 Å². The molecule has 0 aliphatic carbocycles. The number of nitrogens with zero attached hydrogens (tertiary/aromatic N) is 5. The van der Waals surface area contributed by atoms with Crippen LogP contribution in [0.15, 0.2) is 43.4 Å². The van der Waals surface area contributed by atoms with Crippen molar-refractivity contribution in [1.82, 2.24) is 29.5 Å². The van der Waals surface area contributed by atoms with E-state index >= 15 is 0 Å². The Hall–Kier alpha value is -2.70. The van der Waals surface area contributed by atoms with Crippen LogP contribution in [-0.4, -0.2) is 36.1 Å². The molecule has 1 atom stereocenters. The van der Waals surface area contributed by atoms with Gasteiger partial charge in [0.2, 0.25) is 0 Å². The van der Waals surface area contributed by atoms with Crippen LogP contribution in [0.3, 0.4) is 0 Å². The third kappa shape index (κ3) is 3.39. The zero-order chi connectivity index (χ0) is 16.4. The molecule has 0 bridgehead atoms. The monoisotopic (exact) mass is 312 g/mol. The summed E-state index contributed by atoms with van der Waals surface area (Å²) >= 11 is 0. The molecule has 0 saturated heterocycles. The van der Waals surface area contributed by atoms with Crippen LogP contribution in [0, 0.1) is 5.41 Å². The number of carbonyl (C=O) groups is 1. The number of nitrogens with one attached hydrogen (secondary N) is 1. The summed E-state index contributed by atoms with van der Waals surface area (Å²) in [4.78, 5) is 16.7. The fourth-order valence-electron chi connectivity index (χ4n) is 2.34. The second kappa shape index (κ2) is 5.83. The van der Waals surface area contributed by atoms with Gasteiger partial charge in [0.05, 0.1) is 12.4 Å². The van der Waals surface area contributed by atoms with Crippen molar-refractivity contribution in [2.75, 3.05) is 0 Å². The first kappa shape index (κ1) is 15.2. The topological polar surface area (TPSA) is 77.1 Å². The molecule has 7 nitrogen and oxygen atoms in total. The van der Waals surface area contributed by atoms with Crippen molar-refractivity contribution in [1.29, 1.82) is 0 Å². The van der Waals surface area contributed by atoms with Crippen molar-refractivity contribution < 1.29 is 4.79 Å². The van der Waals surface area contributed by atoms with Gasteiger partial charge in [-0.3, -0.25) is 9.20 Å². The van der Waals surface area contributed by atoms with Gasteiger partial charge in [-0.2, -0.15) is 0 Å². The number of hydrogen-bond acceptors (Lipinski definition) is 4. The summed E-state index contributed by atoms with van der Waals surface area (Å²) in [6.45, 7) is 6.99. The molecule has 0 aromatic carbocycles. The summed E-state index contributed by atoms with van der Waals surface area (Å²) < 4.78 is 3.74. The van der Waals surface area contributed by atoms with E-state index in [-0.39, 0.29) is 17.4 Å². The number of amides is 1. The van der Waals surface area contributed by atoms with Crippen LogP contribution in [0.25, 0.3) is 5.65 Å². The Morgan fingerprint density at radius 3 is 2.83 bits per heavy atom. The molecule has 7 heteroatoms. The summed E-state index contributed by atoms with van der Waals surface area (Å²) in [6, 6.07) is 3.47. The van der Waals surface area contributed by atoms with Gasteiger partial charge in [-0.1, -0.05) is 20.8 Å². The molecular formula is C16H20N6O. The standard InChI is InChI=1S/C16H20N6O/c1-16(2,3)13(9-21-7-5-17-10-21)19-15(23)12-4-6-22-11-18-20-14(22)8-12/h4-8,10-11,13H,9H2,1-3H3,(H,19,23). The van der Waals surface area contributed by atoms with Crippen LogP contribution in [0.2, 0.25) is 0 Å². The average molecular weight is 312 g/mol. The maximum Gasteiger partial charge on any atom is 0.251 e. The van der Waals surface area contributed by atoms with E-state index in [2.05, 4.69) is 41.3 Å². The summed E-state index contributed by atoms with van der Waals surface area (Å²) in [6.07, 6.45) is 8.78. The molecule has 0 radical (unpaired) electrons. The minimum absolute atomic E-state index is 0.0294. The summed E-state index contributed by atoms with van der Waals surface area (Å²) in [5.41, 5.74) is 1.14. The van der Waals surface area contributed by atoms with Crippen LogP contribution < -0.4 is 5.32 Å².